The van der Waals surface area contributed by atoms with E-state index in [0.717, 1.165) is 25.3 Å². The number of hydrogen-bond donors (Lipinski definition) is 1. The third-order valence-electron chi connectivity index (χ3n) is 2.36. The molecule has 2 heterocycles. The molecule has 1 fully saturated rings. The van der Waals surface area contributed by atoms with Gasteiger partial charge in [0.1, 0.15) is 5.82 Å². The molecule has 1 N–H and O–H groups in total. The van der Waals surface area contributed by atoms with Crippen LogP contribution in [0.3, 0.4) is 0 Å². The van der Waals surface area contributed by atoms with Crippen LogP contribution in [-0.4, -0.2) is 23.1 Å². The second-order valence-corrected chi connectivity index (χ2v) is 3.35. The standard InChI is InChI=1S/C9H12FN3.ClH/c1-6-8(10)5-12-9(13-6)7-2-3-11-4-7;/h5,7,11H,2-4H2,1H3;1H. The molecule has 2 rings (SSSR count). The molecular formula is C9H13ClFN3. The van der Waals surface area contributed by atoms with Gasteiger partial charge in [-0.15, -0.1) is 12.4 Å². The van der Waals surface area contributed by atoms with Crippen LogP contribution in [0, 0.1) is 12.7 Å². The Kier molecular flexibility index (Phi) is 3.77. The Bertz CT molecular complexity index is 313. The number of halogens is 2. The third kappa shape index (κ3) is 2.19. The van der Waals surface area contributed by atoms with Crippen molar-refractivity contribution in [1.82, 2.24) is 15.3 Å². The quantitative estimate of drug-likeness (QED) is 0.773. The van der Waals surface area contributed by atoms with Gasteiger partial charge in [-0.05, 0) is 19.9 Å². The van der Waals surface area contributed by atoms with Gasteiger partial charge in [0.25, 0.3) is 0 Å². The fourth-order valence-corrected chi connectivity index (χ4v) is 1.54. The highest BCUT2D eigenvalue weighted by Crippen LogP contribution is 2.18. The van der Waals surface area contributed by atoms with Crippen molar-refractivity contribution in [2.45, 2.75) is 19.3 Å². The topological polar surface area (TPSA) is 37.8 Å². The predicted molar refractivity (Wildman–Crippen MR) is 54.2 cm³/mol. The summed E-state index contributed by atoms with van der Waals surface area (Å²) in [7, 11) is 0. The summed E-state index contributed by atoms with van der Waals surface area (Å²) in [4.78, 5) is 8.12. The Morgan fingerprint density at radius 3 is 2.93 bits per heavy atom. The molecule has 0 saturated carbocycles. The summed E-state index contributed by atoms with van der Waals surface area (Å²) in [5.41, 5.74) is 0.442. The first kappa shape index (κ1) is 11.3. The zero-order valence-corrected chi connectivity index (χ0v) is 8.77. The molecule has 0 aliphatic carbocycles. The van der Waals surface area contributed by atoms with Crippen molar-refractivity contribution >= 4 is 12.4 Å². The first-order chi connectivity index (χ1) is 6.27. The largest absolute Gasteiger partial charge is 0.316 e. The molecule has 1 aromatic rings. The molecule has 0 spiro atoms. The van der Waals surface area contributed by atoms with Crippen LogP contribution in [0.5, 0.6) is 0 Å². The van der Waals surface area contributed by atoms with Crippen molar-refractivity contribution in [1.29, 1.82) is 0 Å². The maximum atomic E-state index is 12.8. The Hall–Kier alpha value is -0.740. The van der Waals surface area contributed by atoms with Crippen molar-refractivity contribution in [3.8, 4) is 0 Å². The van der Waals surface area contributed by atoms with Crippen LogP contribution in [0.4, 0.5) is 4.39 Å². The van der Waals surface area contributed by atoms with Crippen LogP contribution < -0.4 is 5.32 Å². The molecule has 1 unspecified atom stereocenters. The molecule has 1 aromatic heterocycles. The summed E-state index contributed by atoms with van der Waals surface area (Å²) in [6, 6.07) is 0. The lowest BCUT2D eigenvalue weighted by molar-refractivity contribution is 0.586. The van der Waals surface area contributed by atoms with Crippen LogP contribution >= 0.6 is 12.4 Å². The third-order valence-corrected chi connectivity index (χ3v) is 2.36. The maximum absolute atomic E-state index is 12.8. The molecule has 78 valence electrons. The number of rotatable bonds is 1. The molecule has 1 aliphatic rings. The van der Waals surface area contributed by atoms with Gasteiger partial charge in [-0.3, -0.25) is 0 Å². The molecular weight excluding hydrogens is 205 g/mol. The van der Waals surface area contributed by atoms with E-state index in [0.29, 0.717) is 11.6 Å². The van der Waals surface area contributed by atoms with Gasteiger partial charge in [0.15, 0.2) is 5.82 Å². The van der Waals surface area contributed by atoms with Gasteiger partial charge in [-0.2, -0.15) is 0 Å². The molecule has 0 radical (unpaired) electrons. The van der Waals surface area contributed by atoms with Gasteiger partial charge in [0, 0.05) is 12.5 Å². The van der Waals surface area contributed by atoms with E-state index in [1.54, 1.807) is 6.92 Å². The van der Waals surface area contributed by atoms with E-state index >= 15 is 0 Å². The number of aryl methyl sites for hydroxylation is 1. The number of nitrogens with one attached hydrogen (secondary N) is 1. The lowest BCUT2D eigenvalue weighted by Gasteiger charge is -2.06. The zero-order chi connectivity index (χ0) is 9.26. The van der Waals surface area contributed by atoms with Crippen molar-refractivity contribution in [2.75, 3.05) is 13.1 Å². The molecule has 0 amide bonds. The highest BCUT2D eigenvalue weighted by molar-refractivity contribution is 5.85. The van der Waals surface area contributed by atoms with Crippen molar-refractivity contribution < 1.29 is 4.39 Å². The summed E-state index contributed by atoms with van der Waals surface area (Å²) in [5, 5.41) is 3.23. The predicted octanol–water partition coefficient (Wildman–Crippen LogP) is 1.42. The normalized spacial score (nSPS) is 20.6. The Balaban J connectivity index is 0.000000980. The van der Waals surface area contributed by atoms with Crippen molar-refractivity contribution in [3.05, 3.63) is 23.5 Å². The number of aromatic nitrogens is 2. The molecule has 1 atom stereocenters. The molecule has 0 bridgehead atoms. The van der Waals surface area contributed by atoms with E-state index in [1.165, 1.54) is 6.20 Å². The van der Waals surface area contributed by atoms with E-state index in [1.807, 2.05) is 0 Å². The molecule has 1 saturated heterocycles. The first-order valence-electron chi connectivity index (χ1n) is 4.47. The number of hydrogen-bond acceptors (Lipinski definition) is 3. The van der Waals surface area contributed by atoms with Crippen LogP contribution in [0.25, 0.3) is 0 Å². The van der Waals surface area contributed by atoms with Crippen LogP contribution in [0.1, 0.15) is 23.9 Å². The second kappa shape index (κ2) is 4.66. The molecule has 14 heavy (non-hydrogen) atoms. The van der Waals surface area contributed by atoms with Gasteiger partial charge in [-0.25, -0.2) is 14.4 Å². The minimum atomic E-state index is -0.324. The van der Waals surface area contributed by atoms with E-state index in [2.05, 4.69) is 15.3 Å². The molecule has 0 aromatic carbocycles. The highest BCUT2D eigenvalue weighted by Gasteiger charge is 2.19. The molecule has 3 nitrogen and oxygen atoms in total. The number of nitrogens with zero attached hydrogens (tertiary/aromatic N) is 2. The van der Waals surface area contributed by atoms with Crippen LogP contribution in [-0.2, 0) is 0 Å². The summed E-state index contributed by atoms with van der Waals surface area (Å²) in [6.07, 6.45) is 2.31. The van der Waals surface area contributed by atoms with Gasteiger partial charge < -0.3 is 5.32 Å². The average molecular weight is 218 g/mol. The van der Waals surface area contributed by atoms with E-state index < -0.39 is 0 Å². The summed E-state index contributed by atoms with van der Waals surface area (Å²) >= 11 is 0. The fourth-order valence-electron chi connectivity index (χ4n) is 1.54. The fraction of sp³-hybridized carbons (Fsp3) is 0.556. The smallest absolute Gasteiger partial charge is 0.162 e. The van der Waals surface area contributed by atoms with Crippen LogP contribution in [0.15, 0.2) is 6.20 Å². The highest BCUT2D eigenvalue weighted by atomic mass is 35.5. The summed E-state index contributed by atoms with van der Waals surface area (Å²) in [6.45, 7) is 3.58. The van der Waals surface area contributed by atoms with Gasteiger partial charge in [-0.1, -0.05) is 0 Å². The minimum Gasteiger partial charge on any atom is -0.316 e. The van der Waals surface area contributed by atoms with Gasteiger partial charge in [0.2, 0.25) is 0 Å². The lowest BCUT2D eigenvalue weighted by atomic mass is 10.1. The average Bonchev–Trinajstić information content (AvgIpc) is 2.62. The maximum Gasteiger partial charge on any atom is 0.162 e. The van der Waals surface area contributed by atoms with Crippen LogP contribution in [0.2, 0.25) is 0 Å². The SMILES string of the molecule is Cc1nc(C2CCNC2)ncc1F.Cl. The summed E-state index contributed by atoms with van der Waals surface area (Å²) in [5.74, 6) is 0.804. The zero-order valence-electron chi connectivity index (χ0n) is 7.96. The lowest BCUT2D eigenvalue weighted by Crippen LogP contribution is -2.11. The second-order valence-electron chi connectivity index (χ2n) is 3.35. The van der Waals surface area contributed by atoms with E-state index in [4.69, 9.17) is 0 Å². The van der Waals surface area contributed by atoms with Crippen molar-refractivity contribution in [3.63, 3.8) is 0 Å². The Morgan fingerprint density at radius 1 is 1.57 bits per heavy atom. The summed E-state index contributed by atoms with van der Waals surface area (Å²) < 4.78 is 12.8. The van der Waals surface area contributed by atoms with E-state index in [-0.39, 0.29) is 18.2 Å². The monoisotopic (exact) mass is 217 g/mol. The first-order valence-corrected chi connectivity index (χ1v) is 4.47. The Morgan fingerprint density at radius 2 is 2.36 bits per heavy atom. The molecule has 1 aliphatic heterocycles. The van der Waals surface area contributed by atoms with Crippen molar-refractivity contribution in [2.24, 2.45) is 0 Å². The Labute approximate surface area is 88.6 Å². The van der Waals surface area contributed by atoms with Gasteiger partial charge >= 0.3 is 0 Å². The minimum absolute atomic E-state index is 0. The van der Waals surface area contributed by atoms with Gasteiger partial charge in [0.05, 0.1) is 11.9 Å². The molecule has 5 heteroatoms. The van der Waals surface area contributed by atoms with E-state index in [9.17, 15) is 4.39 Å².